The van der Waals surface area contributed by atoms with Crippen LogP contribution in [0.25, 0.3) is 0 Å². The molecular weight excluding hydrogens is 338 g/mol. The van der Waals surface area contributed by atoms with Gasteiger partial charge in [0.2, 0.25) is 0 Å². The Kier molecular flexibility index (Phi) is 6.18. The summed E-state index contributed by atoms with van der Waals surface area (Å²) in [5, 5.41) is 11.2. The van der Waals surface area contributed by atoms with Crippen molar-refractivity contribution in [3.05, 3.63) is 33.9 Å². The lowest BCUT2D eigenvalue weighted by Crippen LogP contribution is -2.49. The summed E-state index contributed by atoms with van der Waals surface area (Å²) < 4.78 is 5.11. The minimum Gasteiger partial charge on any atom is -0.452 e. The van der Waals surface area contributed by atoms with Crippen LogP contribution in [-0.4, -0.2) is 54.5 Å². The van der Waals surface area contributed by atoms with Gasteiger partial charge in [-0.15, -0.1) is 0 Å². The lowest BCUT2D eigenvalue weighted by molar-refractivity contribution is -0.384. The van der Waals surface area contributed by atoms with Gasteiger partial charge in [0.05, 0.1) is 10.5 Å². The largest absolute Gasteiger partial charge is 0.452 e. The average Bonchev–Trinajstić information content (AvgIpc) is 2.58. The smallest absolute Gasteiger partial charge is 0.338 e. The van der Waals surface area contributed by atoms with Crippen LogP contribution in [-0.2, 0) is 9.53 Å². The van der Waals surface area contributed by atoms with E-state index in [1.165, 1.54) is 18.2 Å². The van der Waals surface area contributed by atoms with Crippen LogP contribution in [0.1, 0.15) is 43.5 Å². The minimum atomic E-state index is -0.746. The number of esters is 1. The number of nitrogens with zero attached hydrogens (tertiary/aromatic N) is 3. The number of ether oxygens (including phenoxy) is 1. The van der Waals surface area contributed by atoms with Gasteiger partial charge < -0.3 is 14.5 Å². The van der Waals surface area contributed by atoms with Crippen molar-refractivity contribution in [2.75, 3.05) is 25.6 Å². The fourth-order valence-corrected chi connectivity index (χ4v) is 3.37. The molecule has 0 aromatic heterocycles. The predicted octanol–water partition coefficient (Wildman–Crippen LogP) is 2.61. The first-order valence-corrected chi connectivity index (χ1v) is 8.66. The molecule has 1 aromatic carbocycles. The highest BCUT2D eigenvalue weighted by Crippen LogP contribution is 2.28. The Hall–Kier alpha value is -2.64. The van der Waals surface area contributed by atoms with E-state index in [1.54, 1.807) is 23.9 Å². The van der Waals surface area contributed by atoms with Crippen molar-refractivity contribution >= 4 is 23.3 Å². The molecule has 26 heavy (non-hydrogen) atoms. The van der Waals surface area contributed by atoms with Crippen LogP contribution in [0, 0.1) is 10.1 Å². The normalized spacial score (nSPS) is 19.8. The second kappa shape index (κ2) is 8.16. The number of hydrogen-bond donors (Lipinski definition) is 0. The first-order valence-electron chi connectivity index (χ1n) is 8.66. The number of amides is 1. The molecule has 1 heterocycles. The molecule has 0 aliphatic carbocycles. The average molecular weight is 363 g/mol. The van der Waals surface area contributed by atoms with Gasteiger partial charge in [0.15, 0.2) is 6.61 Å². The molecule has 0 bridgehead atoms. The van der Waals surface area contributed by atoms with E-state index in [-0.39, 0.29) is 35.8 Å². The molecule has 8 nitrogen and oxygen atoms in total. The van der Waals surface area contributed by atoms with Crippen LogP contribution in [0.4, 0.5) is 11.4 Å². The summed E-state index contributed by atoms with van der Waals surface area (Å²) in [5.74, 6) is -0.985. The highest BCUT2D eigenvalue weighted by atomic mass is 16.6. The fourth-order valence-electron chi connectivity index (χ4n) is 3.37. The maximum Gasteiger partial charge on any atom is 0.338 e. The van der Waals surface area contributed by atoms with E-state index in [1.807, 2.05) is 13.8 Å². The predicted molar refractivity (Wildman–Crippen MR) is 97.3 cm³/mol. The van der Waals surface area contributed by atoms with Crippen molar-refractivity contribution in [1.29, 1.82) is 0 Å². The minimum absolute atomic E-state index is 0.0508. The van der Waals surface area contributed by atoms with Gasteiger partial charge in [-0.05, 0) is 45.2 Å². The molecule has 1 aliphatic heterocycles. The SMILES string of the molecule is C[C@H]1CCC[C@H](C)N1C(=O)COC(=O)c1ccc(N(C)C)c([N+](=O)[O-])c1. The summed E-state index contributed by atoms with van der Waals surface area (Å²) in [7, 11) is 3.36. The summed E-state index contributed by atoms with van der Waals surface area (Å²) in [6.07, 6.45) is 2.94. The highest BCUT2D eigenvalue weighted by Gasteiger charge is 2.29. The standard InChI is InChI=1S/C18H25N3O5/c1-12-6-5-7-13(2)20(12)17(22)11-26-18(23)14-8-9-15(19(3)4)16(10-14)21(24)25/h8-10,12-13H,5-7,11H2,1-4H3/t12-,13-/m0/s1. The van der Waals surface area contributed by atoms with Gasteiger partial charge in [-0.2, -0.15) is 0 Å². The molecule has 0 saturated carbocycles. The van der Waals surface area contributed by atoms with Gasteiger partial charge in [0.25, 0.3) is 11.6 Å². The molecule has 142 valence electrons. The Morgan fingerprint density at radius 3 is 2.42 bits per heavy atom. The molecule has 2 rings (SSSR count). The summed E-state index contributed by atoms with van der Waals surface area (Å²) in [6.45, 7) is 3.61. The zero-order valence-corrected chi connectivity index (χ0v) is 15.6. The topological polar surface area (TPSA) is 93.0 Å². The Balaban J connectivity index is 2.07. The summed E-state index contributed by atoms with van der Waals surface area (Å²) in [6, 6.07) is 4.36. The molecule has 1 fully saturated rings. The molecule has 0 N–H and O–H groups in total. The van der Waals surface area contributed by atoms with Gasteiger partial charge in [-0.1, -0.05) is 0 Å². The molecule has 0 unspecified atom stereocenters. The van der Waals surface area contributed by atoms with Crippen LogP contribution in [0.5, 0.6) is 0 Å². The summed E-state index contributed by atoms with van der Waals surface area (Å²) >= 11 is 0. The van der Waals surface area contributed by atoms with E-state index in [0.29, 0.717) is 5.69 Å². The quantitative estimate of drug-likeness (QED) is 0.453. The van der Waals surface area contributed by atoms with Crippen molar-refractivity contribution in [3.63, 3.8) is 0 Å². The van der Waals surface area contributed by atoms with Crippen molar-refractivity contribution in [1.82, 2.24) is 4.90 Å². The Morgan fingerprint density at radius 2 is 1.88 bits per heavy atom. The van der Waals surface area contributed by atoms with Gasteiger partial charge in [0, 0.05) is 32.2 Å². The number of rotatable bonds is 5. The first-order chi connectivity index (χ1) is 12.2. The number of carbonyl (C=O) groups is 2. The van der Waals surface area contributed by atoms with Crippen LogP contribution < -0.4 is 4.90 Å². The van der Waals surface area contributed by atoms with Crippen LogP contribution in [0.2, 0.25) is 0 Å². The maximum absolute atomic E-state index is 12.4. The molecule has 1 aliphatic rings. The molecule has 1 amide bonds. The number of nitro groups is 1. The number of anilines is 1. The Labute approximate surface area is 152 Å². The van der Waals surface area contributed by atoms with Crippen LogP contribution in [0.3, 0.4) is 0 Å². The van der Waals surface area contributed by atoms with Crippen molar-refractivity contribution in [2.45, 2.75) is 45.2 Å². The molecule has 0 radical (unpaired) electrons. The van der Waals surface area contributed by atoms with E-state index in [9.17, 15) is 19.7 Å². The van der Waals surface area contributed by atoms with Crippen molar-refractivity contribution in [3.8, 4) is 0 Å². The Bertz CT molecular complexity index is 694. The van der Waals surface area contributed by atoms with Crippen LogP contribution >= 0.6 is 0 Å². The number of benzene rings is 1. The van der Waals surface area contributed by atoms with Gasteiger partial charge in [0.1, 0.15) is 5.69 Å². The lowest BCUT2D eigenvalue weighted by atomic mass is 9.97. The molecule has 1 aromatic rings. The van der Waals surface area contributed by atoms with E-state index >= 15 is 0 Å². The summed E-state index contributed by atoms with van der Waals surface area (Å²) in [4.78, 5) is 38.6. The molecule has 8 heteroatoms. The second-order valence-corrected chi connectivity index (χ2v) is 6.86. The highest BCUT2D eigenvalue weighted by molar-refractivity contribution is 5.93. The first kappa shape index (κ1) is 19.7. The van der Waals surface area contributed by atoms with Crippen LogP contribution in [0.15, 0.2) is 18.2 Å². The maximum atomic E-state index is 12.4. The monoisotopic (exact) mass is 363 g/mol. The number of piperidine rings is 1. The third kappa shape index (κ3) is 4.30. The molecule has 0 spiro atoms. The number of likely N-dealkylation sites (tertiary alicyclic amines) is 1. The van der Waals surface area contributed by atoms with Gasteiger partial charge in [-0.3, -0.25) is 14.9 Å². The fraction of sp³-hybridized carbons (Fsp3) is 0.556. The third-order valence-corrected chi connectivity index (χ3v) is 4.70. The number of hydrogen-bond acceptors (Lipinski definition) is 6. The number of nitro benzene ring substituents is 1. The van der Waals surface area contributed by atoms with Gasteiger partial charge in [-0.25, -0.2) is 4.79 Å². The third-order valence-electron chi connectivity index (χ3n) is 4.70. The van der Waals surface area contributed by atoms with Crippen molar-refractivity contribution in [2.24, 2.45) is 0 Å². The molecule has 2 atom stereocenters. The second-order valence-electron chi connectivity index (χ2n) is 6.86. The van der Waals surface area contributed by atoms with E-state index in [0.717, 1.165) is 19.3 Å². The number of carbonyl (C=O) groups excluding carboxylic acids is 2. The van der Waals surface area contributed by atoms with Gasteiger partial charge >= 0.3 is 5.97 Å². The lowest BCUT2D eigenvalue weighted by Gasteiger charge is -2.38. The van der Waals surface area contributed by atoms with E-state index < -0.39 is 10.9 Å². The molecular formula is C18H25N3O5. The Morgan fingerprint density at radius 1 is 1.27 bits per heavy atom. The van der Waals surface area contributed by atoms with E-state index in [2.05, 4.69) is 0 Å². The van der Waals surface area contributed by atoms with E-state index in [4.69, 9.17) is 4.74 Å². The molecule has 1 saturated heterocycles. The summed E-state index contributed by atoms with van der Waals surface area (Å²) in [5.41, 5.74) is 0.252. The zero-order valence-electron chi connectivity index (χ0n) is 15.6. The van der Waals surface area contributed by atoms with Crippen molar-refractivity contribution < 1.29 is 19.2 Å². The zero-order chi connectivity index (χ0) is 19.4.